The van der Waals surface area contributed by atoms with E-state index in [1.807, 2.05) is 0 Å². The van der Waals surface area contributed by atoms with Gasteiger partial charge >= 0.3 is 5.97 Å². The van der Waals surface area contributed by atoms with Crippen molar-refractivity contribution in [3.8, 4) is 11.5 Å². The molecule has 2 aromatic carbocycles. The lowest BCUT2D eigenvalue weighted by molar-refractivity contribution is -0.123. The smallest absolute Gasteiger partial charge is 0.341 e. The molecule has 9 heteroatoms. The number of para-hydroxylation sites is 1. The minimum Gasteiger partial charge on any atom is -0.495 e. The third-order valence-electron chi connectivity index (χ3n) is 4.10. The minimum atomic E-state index is -1.08. The Morgan fingerprint density at radius 3 is 2.52 bits per heavy atom. The molecule has 0 fully saturated rings. The van der Waals surface area contributed by atoms with E-state index in [0.717, 1.165) is 0 Å². The van der Waals surface area contributed by atoms with Gasteiger partial charge in [0.15, 0.2) is 6.10 Å². The zero-order chi connectivity index (χ0) is 21.0. The molecule has 1 N–H and O–H groups in total. The molecule has 1 heterocycles. The van der Waals surface area contributed by atoms with E-state index in [9.17, 15) is 9.59 Å². The van der Waals surface area contributed by atoms with Crippen LogP contribution in [0.4, 0.5) is 5.69 Å². The topological polar surface area (TPSA) is 99.6 Å². The van der Waals surface area contributed by atoms with Gasteiger partial charge in [0, 0.05) is 18.5 Å². The maximum Gasteiger partial charge on any atom is 0.341 e. The van der Waals surface area contributed by atoms with Crippen molar-refractivity contribution in [2.24, 2.45) is 0 Å². The van der Waals surface area contributed by atoms with Crippen LogP contribution in [0.3, 0.4) is 0 Å². The van der Waals surface area contributed by atoms with Gasteiger partial charge < -0.3 is 19.5 Å². The molecule has 0 aliphatic heterocycles. The number of hydrogen-bond donors (Lipinski definition) is 1. The molecule has 0 aliphatic rings. The molecule has 1 amide bonds. The summed E-state index contributed by atoms with van der Waals surface area (Å²) in [5, 5.41) is 2.93. The van der Waals surface area contributed by atoms with Gasteiger partial charge in [-0.1, -0.05) is 17.7 Å². The maximum absolute atomic E-state index is 12.6. The zero-order valence-corrected chi connectivity index (χ0v) is 16.7. The van der Waals surface area contributed by atoms with Crippen LogP contribution in [0.25, 0.3) is 11.0 Å². The van der Waals surface area contributed by atoms with Crippen LogP contribution in [-0.2, 0) is 9.53 Å². The molecule has 1 atom stereocenters. The van der Waals surface area contributed by atoms with Gasteiger partial charge in [0.25, 0.3) is 5.91 Å². The van der Waals surface area contributed by atoms with Gasteiger partial charge in [-0.05, 0) is 25.1 Å². The molecular formula is C20H18ClN3O5. The molecule has 3 rings (SSSR count). The third kappa shape index (κ3) is 4.38. The second kappa shape index (κ2) is 8.74. The van der Waals surface area contributed by atoms with Crippen LogP contribution in [0.2, 0.25) is 5.02 Å². The molecule has 3 aromatic rings. The maximum atomic E-state index is 12.6. The van der Waals surface area contributed by atoms with E-state index in [2.05, 4.69) is 15.3 Å². The van der Waals surface area contributed by atoms with Crippen molar-refractivity contribution in [3.63, 3.8) is 0 Å². The average molecular weight is 416 g/mol. The predicted molar refractivity (Wildman–Crippen MR) is 108 cm³/mol. The van der Waals surface area contributed by atoms with E-state index >= 15 is 0 Å². The van der Waals surface area contributed by atoms with E-state index in [1.54, 1.807) is 24.3 Å². The summed E-state index contributed by atoms with van der Waals surface area (Å²) in [5.41, 5.74) is 1.50. The first-order valence-electron chi connectivity index (χ1n) is 8.57. The number of nitrogens with one attached hydrogen (secondary N) is 1. The lowest BCUT2D eigenvalue weighted by Gasteiger charge is -2.16. The van der Waals surface area contributed by atoms with Crippen molar-refractivity contribution in [2.45, 2.75) is 13.0 Å². The fourth-order valence-electron chi connectivity index (χ4n) is 2.63. The number of nitrogens with zero attached hydrogens (tertiary/aromatic N) is 2. The lowest BCUT2D eigenvalue weighted by atomic mass is 10.2. The SMILES string of the molecule is COc1cc(OC)c(NC(=O)C(C)OC(=O)c2cccc3nccnc23)cc1Cl. The molecule has 1 unspecified atom stereocenters. The number of halogens is 1. The normalized spacial score (nSPS) is 11.6. The number of benzene rings is 2. The summed E-state index contributed by atoms with van der Waals surface area (Å²) in [7, 11) is 2.92. The zero-order valence-electron chi connectivity index (χ0n) is 15.9. The number of hydrogen-bond acceptors (Lipinski definition) is 7. The Balaban J connectivity index is 1.76. The summed E-state index contributed by atoms with van der Waals surface area (Å²) in [6.45, 7) is 1.46. The van der Waals surface area contributed by atoms with Crippen LogP contribution < -0.4 is 14.8 Å². The Morgan fingerprint density at radius 2 is 1.79 bits per heavy atom. The highest BCUT2D eigenvalue weighted by Gasteiger charge is 2.22. The number of amides is 1. The Labute approximate surface area is 171 Å². The summed E-state index contributed by atoms with van der Waals surface area (Å²) in [4.78, 5) is 33.4. The number of esters is 1. The second-order valence-electron chi connectivity index (χ2n) is 5.95. The fourth-order valence-corrected chi connectivity index (χ4v) is 2.87. The van der Waals surface area contributed by atoms with Gasteiger partial charge in [-0.15, -0.1) is 0 Å². The summed E-state index contributed by atoms with van der Waals surface area (Å²) in [6.07, 6.45) is 1.93. The highest BCUT2D eigenvalue weighted by atomic mass is 35.5. The van der Waals surface area contributed by atoms with Crippen LogP contribution in [0, 0.1) is 0 Å². The van der Waals surface area contributed by atoms with E-state index < -0.39 is 18.0 Å². The van der Waals surface area contributed by atoms with Gasteiger partial charge in [-0.2, -0.15) is 0 Å². The number of aromatic nitrogens is 2. The lowest BCUT2D eigenvalue weighted by Crippen LogP contribution is -2.30. The van der Waals surface area contributed by atoms with Crippen molar-refractivity contribution in [3.05, 3.63) is 53.3 Å². The molecule has 0 saturated heterocycles. The molecule has 0 saturated carbocycles. The fraction of sp³-hybridized carbons (Fsp3) is 0.200. The molecule has 29 heavy (non-hydrogen) atoms. The van der Waals surface area contributed by atoms with Crippen LogP contribution in [0.5, 0.6) is 11.5 Å². The second-order valence-corrected chi connectivity index (χ2v) is 6.36. The van der Waals surface area contributed by atoms with E-state index in [4.69, 9.17) is 25.8 Å². The monoisotopic (exact) mass is 415 g/mol. The van der Waals surface area contributed by atoms with Crippen LogP contribution in [-0.4, -0.2) is 42.2 Å². The summed E-state index contributed by atoms with van der Waals surface area (Å²) in [6, 6.07) is 8.00. The molecule has 1 aromatic heterocycles. The highest BCUT2D eigenvalue weighted by molar-refractivity contribution is 6.32. The number of fused-ring (bicyclic) bond motifs is 1. The quantitative estimate of drug-likeness (QED) is 0.615. The van der Waals surface area contributed by atoms with Gasteiger partial charge in [-0.3, -0.25) is 14.8 Å². The Bertz CT molecular complexity index is 1070. The highest BCUT2D eigenvalue weighted by Crippen LogP contribution is 2.36. The number of anilines is 1. The standard InChI is InChI=1S/C20H18ClN3O5/c1-11(19(25)24-15-9-13(21)16(27-2)10-17(15)28-3)29-20(26)12-5-4-6-14-18(12)23-8-7-22-14/h4-11H,1-3H3,(H,24,25). The molecule has 150 valence electrons. The number of carbonyl (C=O) groups excluding carboxylic acids is 2. The molecule has 0 aliphatic carbocycles. The van der Waals surface area contributed by atoms with Crippen LogP contribution in [0.15, 0.2) is 42.7 Å². The van der Waals surface area contributed by atoms with Gasteiger partial charge in [0.1, 0.15) is 17.0 Å². The van der Waals surface area contributed by atoms with Gasteiger partial charge in [0.05, 0.1) is 36.0 Å². The van der Waals surface area contributed by atoms with Crippen molar-refractivity contribution >= 4 is 40.2 Å². The van der Waals surface area contributed by atoms with E-state index in [0.29, 0.717) is 33.2 Å². The Kier molecular flexibility index (Phi) is 6.13. The Morgan fingerprint density at radius 1 is 1.07 bits per heavy atom. The predicted octanol–water partition coefficient (Wildman–Crippen LogP) is 3.48. The van der Waals surface area contributed by atoms with Crippen molar-refractivity contribution in [1.82, 2.24) is 9.97 Å². The van der Waals surface area contributed by atoms with Gasteiger partial charge in [-0.25, -0.2) is 4.79 Å². The van der Waals surface area contributed by atoms with E-state index in [-0.39, 0.29) is 5.56 Å². The molecule has 0 radical (unpaired) electrons. The first-order valence-corrected chi connectivity index (χ1v) is 8.95. The summed E-state index contributed by atoms with van der Waals surface area (Å²) < 4.78 is 15.7. The van der Waals surface area contributed by atoms with Crippen LogP contribution >= 0.6 is 11.6 Å². The molecule has 8 nitrogen and oxygen atoms in total. The van der Waals surface area contributed by atoms with Gasteiger partial charge in [0.2, 0.25) is 0 Å². The first-order chi connectivity index (χ1) is 13.9. The van der Waals surface area contributed by atoms with Crippen molar-refractivity contribution in [1.29, 1.82) is 0 Å². The summed E-state index contributed by atoms with van der Waals surface area (Å²) in [5.74, 6) is -0.483. The van der Waals surface area contributed by atoms with Crippen molar-refractivity contribution in [2.75, 3.05) is 19.5 Å². The largest absolute Gasteiger partial charge is 0.495 e. The number of ether oxygens (including phenoxy) is 3. The molecule has 0 spiro atoms. The molecule has 0 bridgehead atoms. The third-order valence-corrected chi connectivity index (χ3v) is 4.40. The average Bonchev–Trinajstić information content (AvgIpc) is 2.73. The first kappa shape index (κ1) is 20.3. The molecular weight excluding hydrogens is 398 g/mol. The Hall–Kier alpha value is -3.39. The number of methoxy groups -OCH3 is 2. The van der Waals surface area contributed by atoms with Crippen molar-refractivity contribution < 1.29 is 23.8 Å². The number of carbonyl (C=O) groups is 2. The summed E-state index contributed by atoms with van der Waals surface area (Å²) >= 11 is 6.11. The number of rotatable bonds is 6. The van der Waals surface area contributed by atoms with Crippen LogP contribution in [0.1, 0.15) is 17.3 Å². The van der Waals surface area contributed by atoms with E-state index in [1.165, 1.54) is 39.6 Å². The minimum absolute atomic E-state index is 0.223.